The van der Waals surface area contributed by atoms with Gasteiger partial charge >= 0.3 is 0 Å². The van der Waals surface area contributed by atoms with E-state index in [0.29, 0.717) is 12.0 Å². The molecule has 2 unspecified atom stereocenters. The molecule has 1 saturated carbocycles. The third-order valence-corrected chi connectivity index (χ3v) is 3.82. The first-order valence-electron chi connectivity index (χ1n) is 8.49. The summed E-state index contributed by atoms with van der Waals surface area (Å²) in [6.07, 6.45) is 9.52. The van der Waals surface area contributed by atoms with Gasteiger partial charge in [-0.25, -0.2) is 0 Å². The Hall–Kier alpha value is -0.0800. The highest BCUT2D eigenvalue weighted by atomic mass is 16.5. The average Bonchev–Trinajstić information content (AvgIpc) is 2.36. The maximum Gasteiger partial charge on any atom is 0.0632 e. The van der Waals surface area contributed by atoms with Crippen molar-refractivity contribution in [1.82, 2.24) is 0 Å². The van der Waals surface area contributed by atoms with E-state index in [1.54, 1.807) is 0 Å². The average molecular weight is 284 g/mol. The zero-order chi connectivity index (χ0) is 15.2. The van der Waals surface area contributed by atoms with Gasteiger partial charge in [0.15, 0.2) is 0 Å². The zero-order valence-corrected chi connectivity index (χ0v) is 14.6. The molecule has 2 nitrogen and oxygen atoms in total. The minimum atomic E-state index is -0.0568. The molecule has 1 fully saturated rings. The first kappa shape index (κ1) is 18.0. The molecule has 0 aromatic heterocycles. The Balaban J connectivity index is 2.66. The van der Waals surface area contributed by atoms with Gasteiger partial charge in [0.05, 0.1) is 23.9 Å². The summed E-state index contributed by atoms with van der Waals surface area (Å²) in [6, 6.07) is 0. The second-order valence-corrected chi connectivity index (χ2v) is 8.30. The van der Waals surface area contributed by atoms with Crippen molar-refractivity contribution in [2.75, 3.05) is 6.61 Å². The van der Waals surface area contributed by atoms with E-state index >= 15 is 0 Å². The molecular formula is C18H36O2. The van der Waals surface area contributed by atoms with Crippen molar-refractivity contribution >= 4 is 0 Å². The summed E-state index contributed by atoms with van der Waals surface area (Å²) in [5.41, 5.74) is -0.108. The lowest BCUT2D eigenvalue weighted by atomic mass is 9.93. The van der Waals surface area contributed by atoms with Crippen molar-refractivity contribution in [2.24, 2.45) is 5.92 Å². The molecule has 2 heteroatoms. The van der Waals surface area contributed by atoms with E-state index in [1.165, 1.54) is 44.9 Å². The van der Waals surface area contributed by atoms with E-state index in [9.17, 15) is 0 Å². The van der Waals surface area contributed by atoms with Crippen LogP contribution in [0.4, 0.5) is 0 Å². The Morgan fingerprint density at radius 1 is 0.750 bits per heavy atom. The van der Waals surface area contributed by atoms with Gasteiger partial charge < -0.3 is 9.47 Å². The number of ether oxygens (including phenoxy) is 2. The van der Waals surface area contributed by atoms with E-state index in [0.717, 1.165) is 6.61 Å². The molecule has 0 spiro atoms. The monoisotopic (exact) mass is 284 g/mol. The number of hydrogen-bond donors (Lipinski definition) is 0. The second kappa shape index (κ2) is 7.79. The molecule has 2 atom stereocenters. The van der Waals surface area contributed by atoms with Crippen molar-refractivity contribution < 1.29 is 9.47 Å². The zero-order valence-electron chi connectivity index (χ0n) is 14.6. The largest absolute Gasteiger partial charge is 0.375 e. The summed E-state index contributed by atoms with van der Waals surface area (Å²) in [7, 11) is 0. The second-order valence-electron chi connectivity index (χ2n) is 8.30. The molecule has 1 aliphatic rings. The minimum Gasteiger partial charge on any atom is -0.375 e. The SMILES string of the molecule is CC(C)(C)OCC1CCCCCCCC1OC(C)(C)C. The summed E-state index contributed by atoms with van der Waals surface area (Å²) in [5, 5.41) is 0. The Labute approximate surface area is 126 Å². The lowest BCUT2D eigenvalue weighted by Gasteiger charge is -2.34. The van der Waals surface area contributed by atoms with E-state index in [4.69, 9.17) is 9.47 Å². The van der Waals surface area contributed by atoms with Gasteiger partial charge in [0.2, 0.25) is 0 Å². The molecule has 1 aliphatic carbocycles. The van der Waals surface area contributed by atoms with Crippen LogP contribution in [0.1, 0.15) is 86.5 Å². The van der Waals surface area contributed by atoms with Crippen LogP contribution in [0.25, 0.3) is 0 Å². The summed E-state index contributed by atoms with van der Waals surface area (Å²) in [5.74, 6) is 0.548. The van der Waals surface area contributed by atoms with Crippen molar-refractivity contribution in [1.29, 1.82) is 0 Å². The van der Waals surface area contributed by atoms with E-state index in [1.807, 2.05) is 0 Å². The molecule has 0 amide bonds. The maximum absolute atomic E-state index is 6.37. The summed E-state index contributed by atoms with van der Waals surface area (Å²) in [6.45, 7) is 13.8. The molecule has 0 radical (unpaired) electrons. The lowest BCUT2D eigenvalue weighted by Crippen LogP contribution is -2.36. The Morgan fingerprint density at radius 2 is 1.30 bits per heavy atom. The Morgan fingerprint density at radius 3 is 1.85 bits per heavy atom. The fraction of sp³-hybridized carbons (Fsp3) is 1.00. The molecule has 0 heterocycles. The molecule has 0 N–H and O–H groups in total. The van der Waals surface area contributed by atoms with Crippen LogP contribution in [0.5, 0.6) is 0 Å². The topological polar surface area (TPSA) is 18.5 Å². The normalized spacial score (nSPS) is 26.7. The van der Waals surface area contributed by atoms with E-state index in [2.05, 4.69) is 41.5 Å². The standard InChI is InChI=1S/C18H36O2/c1-17(2,3)19-14-15-12-10-8-7-9-11-13-16(15)20-18(4,5)6/h15-16H,7-14H2,1-6H3. The van der Waals surface area contributed by atoms with Gasteiger partial charge in [-0.05, 0) is 54.4 Å². The van der Waals surface area contributed by atoms with Crippen LogP contribution in [-0.4, -0.2) is 23.9 Å². The van der Waals surface area contributed by atoms with Gasteiger partial charge in [-0.2, -0.15) is 0 Å². The molecule has 0 aromatic carbocycles. The van der Waals surface area contributed by atoms with Crippen LogP contribution in [0.15, 0.2) is 0 Å². The fourth-order valence-corrected chi connectivity index (χ4v) is 2.86. The predicted molar refractivity (Wildman–Crippen MR) is 86.1 cm³/mol. The van der Waals surface area contributed by atoms with Gasteiger partial charge in [0.25, 0.3) is 0 Å². The van der Waals surface area contributed by atoms with Crippen LogP contribution in [0.3, 0.4) is 0 Å². The molecule has 0 bridgehead atoms. The lowest BCUT2D eigenvalue weighted by molar-refractivity contribution is -0.118. The molecule has 1 rings (SSSR count). The molecule has 20 heavy (non-hydrogen) atoms. The molecule has 0 saturated heterocycles. The first-order chi connectivity index (χ1) is 9.17. The van der Waals surface area contributed by atoms with E-state index < -0.39 is 0 Å². The minimum absolute atomic E-state index is 0.0509. The van der Waals surface area contributed by atoms with Gasteiger partial charge in [-0.1, -0.05) is 32.1 Å². The Kier molecular flexibility index (Phi) is 7.00. The number of hydrogen-bond acceptors (Lipinski definition) is 2. The van der Waals surface area contributed by atoms with Crippen LogP contribution < -0.4 is 0 Å². The highest BCUT2D eigenvalue weighted by molar-refractivity contribution is 4.77. The van der Waals surface area contributed by atoms with Gasteiger partial charge in [-0.15, -0.1) is 0 Å². The quantitative estimate of drug-likeness (QED) is 0.696. The number of rotatable bonds is 3. The molecule has 0 aromatic rings. The van der Waals surface area contributed by atoms with Crippen LogP contribution in [0, 0.1) is 5.92 Å². The van der Waals surface area contributed by atoms with Crippen LogP contribution in [0.2, 0.25) is 0 Å². The summed E-state index contributed by atoms with van der Waals surface area (Å²) >= 11 is 0. The van der Waals surface area contributed by atoms with Crippen LogP contribution >= 0.6 is 0 Å². The fourth-order valence-electron chi connectivity index (χ4n) is 2.86. The third-order valence-electron chi connectivity index (χ3n) is 3.82. The summed E-state index contributed by atoms with van der Waals surface area (Å²) in [4.78, 5) is 0. The molecular weight excluding hydrogens is 248 g/mol. The Bertz CT molecular complexity index is 260. The first-order valence-corrected chi connectivity index (χ1v) is 8.49. The maximum atomic E-state index is 6.37. The van der Waals surface area contributed by atoms with Crippen molar-refractivity contribution in [3.05, 3.63) is 0 Å². The predicted octanol–water partition coefficient (Wildman–Crippen LogP) is 5.35. The highest BCUT2D eigenvalue weighted by Crippen LogP contribution is 2.29. The smallest absolute Gasteiger partial charge is 0.0632 e. The van der Waals surface area contributed by atoms with Crippen molar-refractivity contribution in [2.45, 2.75) is 104 Å². The highest BCUT2D eigenvalue weighted by Gasteiger charge is 2.28. The molecule has 0 aliphatic heterocycles. The van der Waals surface area contributed by atoms with Gasteiger partial charge in [0.1, 0.15) is 0 Å². The van der Waals surface area contributed by atoms with Crippen LogP contribution in [-0.2, 0) is 9.47 Å². The van der Waals surface area contributed by atoms with E-state index in [-0.39, 0.29) is 11.2 Å². The van der Waals surface area contributed by atoms with Crippen molar-refractivity contribution in [3.8, 4) is 0 Å². The molecule has 120 valence electrons. The van der Waals surface area contributed by atoms with Gasteiger partial charge in [-0.3, -0.25) is 0 Å². The van der Waals surface area contributed by atoms with Crippen molar-refractivity contribution in [3.63, 3.8) is 0 Å². The van der Waals surface area contributed by atoms with Gasteiger partial charge in [0, 0.05) is 5.92 Å². The summed E-state index contributed by atoms with van der Waals surface area (Å²) < 4.78 is 12.4. The third kappa shape index (κ3) is 8.26.